The summed E-state index contributed by atoms with van der Waals surface area (Å²) in [6.07, 6.45) is 3.31. The van der Waals surface area contributed by atoms with Crippen molar-refractivity contribution in [2.24, 2.45) is 0 Å². The molecular formula is C18H21N3O2S. The Balaban J connectivity index is 1.74. The second kappa shape index (κ2) is 6.73. The van der Waals surface area contributed by atoms with Gasteiger partial charge in [0.15, 0.2) is 0 Å². The van der Waals surface area contributed by atoms with Crippen LogP contribution < -0.4 is 5.32 Å². The molecule has 3 aromatic rings. The number of rotatable bonds is 5. The second-order valence-electron chi connectivity index (χ2n) is 6.09. The van der Waals surface area contributed by atoms with E-state index in [0.717, 1.165) is 50.8 Å². The molecule has 0 saturated heterocycles. The number of aromatic nitrogens is 2. The van der Waals surface area contributed by atoms with Crippen LogP contribution in [0, 0.1) is 20.8 Å². The molecule has 0 aliphatic heterocycles. The van der Waals surface area contributed by atoms with Crippen LogP contribution in [0.3, 0.4) is 0 Å². The van der Waals surface area contributed by atoms with Gasteiger partial charge in [0, 0.05) is 23.5 Å². The lowest BCUT2D eigenvalue weighted by Crippen LogP contribution is -2.32. The SMILES string of the molecule is Cc1nc(C)c2c(C)c(C(=O)N[C@@H](C)CCc3ccco3)sc2n1. The summed E-state index contributed by atoms with van der Waals surface area (Å²) < 4.78 is 5.33. The summed E-state index contributed by atoms with van der Waals surface area (Å²) in [6.45, 7) is 7.81. The molecule has 1 amide bonds. The molecular weight excluding hydrogens is 322 g/mol. The van der Waals surface area contributed by atoms with Gasteiger partial charge < -0.3 is 9.73 Å². The van der Waals surface area contributed by atoms with Crippen LogP contribution >= 0.6 is 11.3 Å². The number of nitrogens with zero attached hydrogens (tertiary/aromatic N) is 2. The van der Waals surface area contributed by atoms with Crippen LogP contribution in [-0.4, -0.2) is 21.9 Å². The van der Waals surface area contributed by atoms with Gasteiger partial charge in [-0.1, -0.05) is 0 Å². The lowest BCUT2D eigenvalue weighted by molar-refractivity contribution is 0.0941. The first-order valence-corrected chi connectivity index (χ1v) is 8.85. The third-order valence-electron chi connectivity index (χ3n) is 4.07. The van der Waals surface area contributed by atoms with Gasteiger partial charge in [0.2, 0.25) is 0 Å². The number of furan rings is 1. The number of aryl methyl sites for hydroxylation is 4. The topological polar surface area (TPSA) is 68.0 Å². The van der Waals surface area contributed by atoms with Crippen molar-refractivity contribution in [3.63, 3.8) is 0 Å². The number of thiophene rings is 1. The molecule has 0 radical (unpaired) electrons. The number of hydrogen-bond donors (Lipinski definition) is 1. The molecule has 0 aliphatic carbocycles. The lowest BCUT2D eigenvalue weighted by atomic mass is 10.1. The number of carbonyl (C=O) groups excluding carboxylic acids is 1. The molecule has 0 bridgehead atoms. The van der Waals surface area contributed by atoms with E-state index in [1.807, 2.05) is 39.8 Å². The molecule has 3 heterocycles. The molecule has 0 fully saturated rings. The Morgan fingerprint density at radius 3 is 2.83 bits per heavy atom. The van der Waals surface area contributed by atoms with Crippen molar-refractivity contribution in [3.8, 4) is 0 Å². The van der Waals surface area contributed by atoms with Gasteiger partial charge in [0.1, 0.15) is 16.4 Å². The highest BCUT2D eigenvalue weighted by Crippen LogP contribution is 2.31. The maximum Gasteiger partial charge on any atom is 0.261 e. The normalized spacial score (nSPS) is 12.5. The molecule has 0 aliphatic rings. The predicted octanol–water partition coefficient (Wildman–Crippen LogP) is 3.96. The van der Waals surface area contributed by atoms with Crippen molar-refractivity contribution in [2.45, 2.75) is 46.6 Å². The van der Waals surface area contributed by atoms with Crippen LogP contribution in [0.5, 0.6) is 0 Å². The summed E-state index contributed by atoms with van der Waals surface area (Å²) in [5.74, 6) is 1.63. The average Bonchev–Trinajstić information content (AvgIpc) is 3.13. The Kier molecular flexibility index (Phi) is 4.66. The smallest absolute Gasteiger partial charge is 0.261 e. The van der Waals surface area contributed by atoms with Gasteiger partial charge in [-0.2, -0.15) is 0 Å². The summed E-state index contributed by atoms with van der Waals surface area (Å²) in [7, 11) is 0. The Labute approximate surface area is 145 Å². The highest BCUT2D eigenvalue weighted by atomic mass is 32.1. The number of hydrogen-bond acceptors (Lipinski definition) is 5. The summed E-state index contributed by atoms with van der Waals surface area (Å²) >= 11 is 1.44. The van der Waals surface area contributed by atoms with Crippen LogP contribution in [0.4, 0.5) is 0 Å². The fourth-order valence-corrected chi connectivity index (χ4v) is 4.05. The molecule has 0 saturated carbocycles. The van der Waals surface area contributed by atoms with Gasteiger partial charge in [0.25, 0.3) is 5.91 Å². The summed E-state index contributed by atoms with van der Waals surface area (Å²) in [4.78, 5) is 23.1. The van der Waals surface area contributed by atoms with Crippen molar-refractivity contribution in [2.75, 3.05) is 0 Å². The van der Waals surface area contributed by atoms with E-state index in [9.17, 15) is 4.79 Å². The van der Waals surface area contributed by atoms with Crippen LogP contribution in [0.15, 0.2) is 22.8 Å². The molecule has 1 N–H and O–H groups in total. The fourth-order valence-electron chi connectivity index (χ4n) is 2.87. The summed E-state index contributed by atoms with van der Waals surface area (Å²) in [5.41, 5.74) is 1.89. The van der Waals surface area contributed by atoms with E-state index in [1.54, 1.807) is 6.26 Å². The second-order valence-corrected chi connectivity index (χ2v) is 7.08. The van der Waals surface area contributed by atoms with Crippen LogP contribution in [-0.2, 0) is 6.42 Å². The standard InChI is InChI=1S/C18H21N3O2S/c1-10(7-8-14-6-5-9-23-14)19-17(22)16-11(2)15-12(3)20-13(4)21-18(15)24-16/h5-6,9-10H,7-8H2,1-4H3,(H,19,22)/t10-/m0/s1. The zero-order valence-electron chi connectivity index (χ0n) is 14.3. The molecule has 6 heteroatoms. The molecule has 0 aromatic carbocycles. The summed E-state index contributed by atoms with van der Waals surface area (Å²) in [6, 6.07) is 3.90. The quantitative estimate of drug-likeness (QED) is 0.761. The minimum absolute atomic E-state index is 0.0421. The number of amides is 1. The Hall–Kier alpha value is -2.21. The maximum absolute atomic E-state index is 12.6. The Morgan fingerprint density at radius 2 is 2.12 bits per heavy atom. The minimum atomic E-state index is -0.0421. The van der Waals surface area contributed by atoms with Crippen molar-refractivity contribution in [1.29, 1.82) is 0 Å². The predicted molar refractivity (Wildman–Crippen MR) is 95.6 cm³/mol. The zero-order valence-corrected chi connectivity index (χ0v) is 15.2. The van der Waals surface area contributed by atoms with E-state index in [2.05, 4.69) is 15.3 Å². The molecule has 5 nitrogen and oxygen atoms in total. The van der Waals surface area contributed by atoms with Gasteiger partial charge in [-0.05, 0) is 51.8 Å². The molecule has 0 spiro atoms. The third kappa shape index (κ3) is 3.33. The molecule has 126 valence electrons. The van der Waals surface area contributed by atoms with Crippen LogP contribution in [0.25, 0.3) is 10.2 Å². The van der Waals surface area contributed by atoms with Crippen LogP contribution in [0.2, 0.25) is 0 Å². The van der Waals surface area contributed by atoms with E-state index in [4.69, 9.17) is 4.42 Å². The van der Waals surface area contributed by atoms with E-state index < -0.39 is 0 Å². The zero-order chi connectivity index (χ0) is 17.3. The van der Waals surface area contributed by atoms with Crippen molar-refractivity contribution in [1.82, 2.24) is 15.3 Å². The maximum atomic E-state index is 12.6. The highest BCUT2D eigenvalue weighted by molar-refractivity contribution is 7.20. The van der Waals surface area contributed by atoms with Gasteiger partial charge in [-0.25, -0.2) is 9.97 Å². The number of carbonyl (C=O) groups is 1. The van der Waals surface area contributed by atoms with Gasteiger partial charge in [0.05, 0.1) is 11.1 Å². The third-order valence-corrected chi connectivity index (χ3v) is 5.25. The van der Waals surface area contributed by atoms with E-state index in [1.165, 1.54) is 11.3 Å². The largest absolute Gasteiger partial charge is 0.469 e. The van der Waals surface area contributed by atoms with Crippen molar-refractivity contribution in [3.05, 3.63) is 46.1 Å². The first kappa shape index (κ1) is 16.6. The van der Waals surface area contributed by atoms with Gasteiger partial charge >= 0.3 is 0 Å². The highest BCUT2D eigenvalue weighted by Gasteiger charge is 2.19. The van der Waals surface area contributed by atoms with E-state index in [-0.39, 0.29) is 11.9 Å². The first-order chi connectivity index (χ1) is 11.5. The lowest BCUT2D eigenvalue weighted by Gasteiger charge is -2.12. The van der Waals surface area contributed by atoms with Gasteiger partial charge in [-0.15, -0.1) is 11.3 Å². The molecule has 24 heavy (non-hydrogen) atoms. The molecule has 3 aromatic heterocycles. The van der Waals surface area contributed by atoms with Gasteiger partial charge in [-0.3, -0.25) is 4.79 Å². The summed E-state index contributed by atoms with van der Waals surface area (Å²) in [5, 5.41) is 4.08. The Morgan fingerprint density at radius 1 is 1.33 bits per heavy atom. The minimum Gasteiger partial charge on any atom is -0.469 e. The molecule has 3 rings (SSSR count). The van der Waals surface area contributed by atoms with E-state index >= 15 is 0 Å². The fraction of sp³-hybridized carbons (Fsp3) is 0.389. The molecule has 0 unspecified atom stereocenters. The monoisotopic (exact) mass is 343 g/mol. The average molecular weight is 343 g/mol. The van der Waals surface area contributed by atoms with Crippen LogP contribution in [0.1, 0.15) is 45.9 Å². The number of fused-ring (bicyclic) bond motifs is 1. The first-order valence-electron chi connectivity index (χ1n) is 8.03. The molecule has 1 atom stereocenters. The van der Waals surface area contributed by atoms with Crippen molar-refractivity contribution >= 4 is 27.5 Å². The Bertz CT molecular complexity index is 868. The number of nitrogens with one attached hydrogen (secondary N) is 1. The van der Waals surface area contributed by atoms with Crippen molar-refractivity contribution < 1.29 is 9.21 Å². The van der Waals surface area contributed by atoms with E-state index in [0.29, 0.717) is 0 Å².